The molecule has 132 valence electrons. The minimum atomic E-state index is -0.328. The molecule has 2 N–H and O–H groups in total. The number of amides is 1. The minimum Gasteiger partial charge on any atom is -0.362 e. The average Bonchev–Trinajstić information content (AvgIpc) is 2.66. The van der Waals surface area contributed by atoms with Crippen LogP contribution in [0.4, 0.5) is 11.5 Å². The molecule has 1 amide bonds. The second-order valence-corrected chi connectivity index (χ2v) is 6.34. The maximum atomic E-state index is 12.4. The van der Waals surface area contributed by atoms with Crippen LogP contribution < -0.4 is 10.6 Å². The fraction of sp³-hybridized carbons (Fsp3) is 0.150. The summed E-state index contributed by atoms with van der Waals surface area (Å²) in [5.74, 6) is 0.280. The van der Waals surface area contributed by atoms with Crippen LogP contribution in [-0.2, 0) is 0 Å². The third kappa shape index (κ3) is 4.18. The van der Waals surface area contributed by atoms with Crippen LogP contribution in [0.25, 0.3) is 0 Å². The average molecular weight is 367 g/mol. The number of hydrogen-bond donors (Lipinski definition) is 2. The third-order valence-corrected chi connectivity index (χ3v) is 4.47. The standard InChI is InChI=1S/C20H19ClN4O/c1-13-16(21)9-6-10-17(13)25-20(26)18-11-23-19(12-22-18)24-14(2)15-7-4-3-5-8-15/h3-12,14H,1-2H3,(H,23,24)(H,25,26). The van der Waals surface area contributed by atoms with Gasteiger partial charge < -0.3 is 10.6 Å². The van der Waals surface area contributed by atoms with Gasteiger partial charge in [-0.3, -0.25) is 4.79 Å². The van der Waals surface area contributed by atoms with Gasteiger partial charge >= 0.3 is 0 Å². The zero-order valence-corrected chi connectivity index (χ0v) is 15.3. The predicted octanol–water partition coefficient (Wildman–Crippen LogP) is 4.86. The van der Waals surface area contributed by atoms with E-state index in [1.807, 2.05) is 44.2 Å². The Hall–Kier alpha value is -2.92. The lowest BCUT2D eigenvalue weighted by Crippen LogP contribution is -2.15. The van der Waals surface area contributed by atoms with Gasteiger partial charge in [-0.2, -0.15) is 0 Å². The molecule has 6 heteroatoms. The fourth-order valence-corrected chi connectivity index (χ4v) is 2.67. The SMILES string of the molecule is Cc1c(Cl)cccc1NC(=O)c1cnc(NC(C)c2ccccc2)cn1. The van der Waals surface area contributed by atoms with Crippen LogP contribution in [0.3, 0.4) is 0 Å². The van der Waals surface area contributed by atoms with E-state index in [4.69, 9.17) is 11.6 Å². The summed E-state index contributed by atoms with van der Waals surface area (Å²) in [5.41, 5.74) is 2.85. The Bertz CT molecular complexity index is 897. The van der Waals surface area contributed by atoms with Crippen molar-refractivity contribution in [3.8, 4) is 0 Å². The highest BCUT2D eigenvalue weighted by molar-refractivity contribution is 6.31. The predicted molar refractivity (Wildman–Crippen MR) is 105 cm³/mol. The Balaban J connectivity index is 1.67. The number of benzene rings is 2. The van der Waals surface area contributed by atoms with E-state index in [1.165, 1.54) is 6.20 Å². The van der Waals surface area contributed by atoms with Crippen molar-refractivity contribution in [2.75, 3.05) is 10.6 Å². The fourth-order valence-electron chi connectivity index (χ4n) is 2.50. The van der Waals surface area contributed by atoms with E-state index in [-0.39, 0.29) is 17.6 Å². The smallest absolute Gasteiger partial charge is 0.275 e. The summed E-state index contributed by atoms with van der Waals surface area (Å²) in [6.45, 7) is 3.89. The largest absolute Gasteiger partial charge is 0.362 e. The number of carbonyl (C=O) groups excluding carboxylic acids is 1. The maximum Gasteiger partial charge on any atom is 0.275 e. The Labute approximate surface area is 157 Å². The Morgan fingerprint density at radius 2 is 1.81 bits per heavy atom. The molecule has 26 heavy (non-hydrogen) atoms. The number of halogens is 1. The van der Waals surface area contributed by atoms with Crippen LogP contribution >= 0.6 is 11.6 Å². The summed E-state index contributed by atoms with van der Waals surface area (Å²) in [6, 6.07) is 15.5. The molecule has 0 saturated heterocycles. The van der Waals surface area contributed by atoms with E-state index in [0.29, 0.717) is 16.5 Å². The molecule has 2 aromatic carbocycles. The number of hydrogen-bond acceptors (Lipinski definition) is 4. The van der Waals surface area contributed by atoms with E-state index in [9.17, 15) is 4.79 Å². The molecule has 0 spiro atoms. The van der Waals surface area contributed by atoms with Gasteiger partial charge in [-0.05, 0) is 37.1 Å². The summed E-state index contributed by atoms with van der Waals surface area (Å²) >= 11 is 6.08. The normalized spacial score (nSPS) is 11.7. The molecule has 1 atom stereocenters. The number of rotatable bonds is 5. The van der Waals surface area contributed by atoms with E-state index >= 15 is 0 Å². The van der Waals surface area contributed by atoms with Crippen molar-refractivity contribution >= 4 is 29.0 Å². The van der Waals surface area contributed by atoms with Gasteiger partial charge in [0.05, 0.1) is 12.4 Å². The molecule has 0 radical (unpaired) electrons. The number of anilines is 2. The first kappa shape index (κ1) is 17.9. The lowest BCUT2D eigenvalue weighted by atomic mass is 10.1. The molecule has 0 aliphatic carbocycles. The van der Waals surface area contributed by atoms with Gasteiger partial charge in [0.15, 0.2) is 0 Å². The van der Waals surface area contributed by atoms with Crippen LogP contribution in [0.1, 0.15) is 34.6 Å². The first-order chi connectivity index (χ1) is 12.5. The van der Waals surface area contributed by atoms with E-state index in [1.54, 1.807) is 24.4 Å². The summed E-state index contributed by atoms with van der Waals surface area (Å²) in [4.78, 5) is 20.8. The van der Waals surface area contributed by atoms with Crippen molar-refractivity contribution in [2.24, 2.45) is 0 Å². The molecule has 1 unspecified atom stereocenters. The summed E-state index contributed by atoms with van der Waals surface area (Å²) < 4.78 is 0. The molecule has 0 saturated carbocycles. The number of carbonyl (C=O) groups is 1. The van der Waals surface area contributed by atoms with Crippen LogP contribution in [0.15, 0.2) is 60.9 Å². The molecule has 1 aromatic heterocycles. The van der Waals surface area contributed by atoms with Crippen LogP contribution in [-0.4, -0.2) is 15.9 Å². The van der Waals surface area contributed by atoms with Crippen molar-refractivity contribution in [3.05, 3.63) is 82.8 Å². The van der Waals surface area contributed by atoms with Crippen LogP contribution in [0.5, 0.6) is 0 Å². The molecule has 0 bridgehead atoms. The summed E-state index contributed by atoms with van der Waals surface area (Å²) in [7, 11) is 0. The topological polar surface area (TPSA) is 66.9 Å². The van der Waals surface area contributed by atoms with Gasteiger partial charge in [0.25, 0.3) is 5.91 Å². The lowest BCUT2D eigenvalue weighted by molar-refractivity contribution is 0.102. The molecular weight excluding hydrogens is 348 g/mol. The summed E-state index contributed by atoms with van der Waals surface area (Å²) in [5, 5.41) is 6.68. The Kier molecular flexibility index (Phi) is 5.49. The quantitative estimate of drug-likeness (QED) is 0.676. The molecular formula is C20H19ClN4O. The highest BCUT2D eigenvalue weighted by Gasteiger charge is 2.12. The first-order valence-electron chi connectivity index (χ1n) is 8.24. The zero-order chi connectivity index (χ0) is 18.5. The number of nitrogens with zero attached hydrogens (tertiary/aromatic N) is 2. The van der Waals surface area contributed by atoms with Crippen molar-refractivity contribution < 1.29 is 4.79 Å². The van der Waals surface area contributed by atoms with Crippen LogP contribution in [0, 0.1) is 6.92 Å². The van der Waals surface area contributed by atoms with Crippen LogP contribution in [0.2, 0.25) is 5.02 Å². The van der Waals surface area contributed by atoms with Crippen molar-refractivity contribution in [3.63, 3.8) is 0 Å². The first-order valence-corrected chi connectivity index (χ1v) is 8.62. The second-order valence-electron chi connectivity index (χ2n) is 5.93. The molecule has 0 aliphatic rings. The highest BCUT2D eigenvalue weighted by atomic mass is 35.5. The second kappa shape index (κ2) is 7.97. The van der Waals surface area contributed by atoms with E-state index in [2.05, 4.69) is 20.6 Å². The molecule has 3 rings (SSSR count). The molecule has 1 heterocycles. The van der Waals surface area contributed by atoms with E-state index < -0.39 is 0 Å². The van der Waals surface area contributed by atoms with Crippen molar-refractivity contribution in [1.82, 2.24) is 9.97 Å². The zero-order valence-electron chi connectivity index (χ0n) is 14.5. The third-order valence-electron chi connectivity index (χ3n) is 4.06. The maximum absolute atomic E-state index is 12.4. The number of nitrogens with one attached hydrogen (secondary N) is 2. The Morgan fingerprint density at radius 3 is 2.50 bits per heavy atom. The molecule has 0 aliphatic heterocycles. The molecule has 5 nitrogen and oxygen atoms in total. The van der Waals surface area contributed by atoms with E-state index in [0.717, 1.165) is 11.1 Å². The van der Waals surface area contributed by atoms with Gasteiger partial charge in [-0.25, -0.2) is 9.97 Å². The van der Waals surface area contributed by atoms with Gasteiger partial charge in [0.2, 0.25) is 0 Å². The van der Waals surface area contributed by atoms with Gasteiger partial charge in [-0.1, -0.05) is 48.0 Å². The lowest BCUT2D eigenvalue weighted by Gasteiger charge is -2.14. The molecule has 0 fully saturated rings. The van der Waals surface area contributed by atoms with Gasteiger partial charge in [0.1, 0.15) is 11.5 Å². The summed E-state index contributed by atoms with van der Waals surface area (Å²) in [6.07, 6.45) is 3.01. The van der Waals surface area contributed by atoms with Crippen molar-refractivity contribution in [2.45, 2.75) is 19.9 Å². The highest BCUT2D eigenvalue weighted by Crippen LogP contribution is 2.23. The minimum absolute atomic E-state index is 0.0827. The number of aromatic nitrogens is 2. The van der Waals surface area contributed by atoms with Crippen molar-refractivity contribution in [1.29, 1.82) is 0 Å². The molecule has 3 aromatic rings. The van der Waals surface area contributed by atoms with Gasteiger partial charge in [-0.15, -0.1) is 0 Å². The monoisotopic (exact) mass is 366 g/mol. The Morgan fingerprint density at radius 1 is 1.04 bits per heavy atom. The van der Waals surface area contributed by atoms with Gasteiger partial charge in [0, 0.05) is 16.8 Å².